The van der Waals surface area contributed by atoms with Crippen LogP contribution >= 0.6 is 0 Å². The maximum Gasteiger partial charge on any atom is 0.317 e. The van der Waals surface area contributed by atoms with Gasteiger partial charge in [0.05, 0.1) is 12.9 Å². The van der Waals surface area contributed by atoms with E-state index in [1.54, 1.807) is 12.1 Å². The zero-order valence-electron chi connectivity index (χ0n) is 10.6. The number of amidine groups is 1. The number of ether oxygens (including phenoxy) is 1. The smallest absolute Gasteiger partial charge is 0.317 e. The summed E-state index contributed by atoms with van der Waals surface area (Å²) in [5.74, 6) is -0.154. The lowest BCUT2D eigenvalue weighted by Gasteiger charge is -2.28. The molecule has 0 bridgehead atoms. The van der Waals surface area contributed by atoms with E-state index in [9.17, 15) is 4.79 Å². The number of rotatable bonds is 2. The zero-order chi connectivity index (χ0) is 12.8. The Morgan fingerprint density at radius 3 is 2.83 bits per heavy atom. The molecular formula is C13H18N2O3. The van der Waals surface area contributed by atoms with E-state index in [1.165, 1.54) is 12.7 Å². The minimum absolute atomic E-state index is 0.240. The molecule has 5 nitrogen and oxygen atoms in total. The number of carbonyl (C=O) groups is 1. The van der Waals surface area contributed by atoms with E-state index in [0.717, 1.165) is 25.9 Å². The van der Waals surface area contributed by atoms with Crippen molar-refractivity contribution in [2.24, 2.45) is 4.99 Å². The van der Waals surface area contributed by atoms with E-state index in [-0.39, 0.29) is 5.76 Å². The number of furan rings is 1. The quantitative estimate of drug-likeness (QED) is 0.597. The van der Waals surface area contributed by atoms with Gasteiger partial charge in [0, 0.05) is 13.1 Å². The number of nitrogens with zero attached hydrogens (tertiary/aromatic N) is 2. The van der Waals surface area contributed by atoms with Crippen LogP contribution in [0.5, 0.6) is 0 Å². The van der Waals surface area contributed by atoms with Crippen LogP contribution in [-0.4, -0.2) is 36.5 Å². The summed E-state index contributed by atoms with van der Waals surface area (Å²) in [5.41, 5.74) is 0. The van der Waals surface area contributed by atoms with Gasteiger partial charge in [0.15, 0.2) is 5.76 Å². The van der Waals surface area contributed by atoms with Crippen LogP contribution < -0.4 is 0 Å². The predicted molar refractivity (Wildman–Crippen MR) is 67.5 cm³/mol. The van der Waals surface area contributed by atoms with Gasteiger partial charge in [0.2, 0.25) is 0 Å². The highest BCUT2D eigenvalue weighted by molar-refractivity contribution is 5.99. The highest BCUT2D eigenvalue weighted by atomic mass is 16.5. The van der Waals surface area contributed by atoms with Crippen LogP contribution in [0.1, 0.15) is 36.7 Å². The van der Waals surface area contributed by atoms with Crippen LogP contribution in [0.4, 0.5) is 0 Å². The number of piperidine rings is 1. The van der Waals surface area contributed by atoms with Crippen LogP contribution in [0, 0.1) is 0 Å². The standard InChI is InChI=1S/C13H18N2O3/c1-2-17-13(15-8-4-3-5-9-15)14-12(16)11-7-6-10-18-11/h6-7,10H,2-5,8-9H2,1H3. The molecule has 1 aliphatic rings. The molecule has 2 rings (SSSR count). The summed E-state index contributed by atoms with van der Waals surface area (Å²) in [5, 5.41) is 0. The lowest BCUT2D eigenvalue weighted by molar-refractivity contribution is 0.0966. The molecule has 0 unspecified atom stereocenters. The summed E-state index contributed by atoms with van der Waals surface area (Å²) < 4.78 is 10.5. The molecule has 18 heavy (non-hydrogen) atoms. The molecule has 1 aromatic heterocycles. The molecule has 0 aromatic carbocycles. The van der Waals surface area contributed by atoms with Gasteiger partial charge in [-0.3, -0.25) is 4.79 Å². The second-order valence-electron chi connectivity index (χ2n) is 4.16. The monoisotopic (exact) mass is 250 g/mol. The van der Waals surface area contributed by atoms with Gasteiger partial charge < -0.3 is 14.1 Å². The lowest BCUT2D eigenvalue weighted by atomic mass is 10.1. The average Bonchev–Trinajstić information content (AvgIpc) is 2.93. The Kier molecular flexibility index (Phi) is 4.39. The molecule has 0 atom stereocenters. The van der Waals surface area contributed by atoms with Crippen molar-refractivity contribution in [3.8, 4) is 0 Å². The molecule has 98 valence electrons. The molecule has 0 radical (unpaired) electrons. The molecule has 5 heteroatoms. The Morgan fingerprint density at radius 2 is 2.22 bits per heavy atom. The summed E-state index contributed by atoms with van der Waals surface area (Å²) >= 11 is 0. The van der Waals surface area contributed by atoms with Crippen LogP contribution in [0.2, 0.25) is 0 Å². The highest BCUT2D eigenvalue weighted by Gasteiger charge is 2.18. The summed E-state index contributed by atoms with van der Waals surface area (Å²) in [6.07, 6.45) is 4.91. The van der Waals surface area contributed by atoms with E-state index in [4.69, 9.17) is 9.15 Å². The molecule has 0 saturated carbocycles. The summed E-state index contributed by atoms with van der Waals surface area (Å²) in [4.78, 5) is 17.9. The van der Waals surface area contributed by atoms with E-state index in [2.05, 4.69) is 4.99 Å². The Labute approximate surface area is 106 Å². The van der Waals surface area contributed by atoms with Crippen molar-refractivity contribution >= 4 is 11.9 Å². The minimum Gasteiger partial charge on any atom is -0.465 e. The molecule has 2 heterocycles. The second kappa shape index (κ2) is 6.23. The molecule has 0 N–H and O–H groups in total. The van der Waals surface area contributed by atoms with E-state index in [1.807, 2.05) is 11.8 Å². The van der Waals surface area contributed by atoms with Crippen molar-refractivity contribution in [2.75, 3.05) is 19.7 Å². The summed E-state index contributed by atoms with van der Waals surface area (Å²) in [6.45, 7) is 4.17. The first-order valence-corrected chi connectivity index (χ1v) is 6.35. The molecule has 1 amide bonds. The molecule has 1 aromatic rings. The summed E-state index contributed by atoms with van der Waals surface area (Å²) in [7, 11) is 0. The fourth-order valence-corrected chi connectivity index (χ4v) is 1.95. The first kappa shape index (κ1) is 12.7. The maximum atomic E-state index is 11.8. The third kappa shape index (κ3) is 3.12. The maximum absolute atomic E-state index is 11.8. The summed E-state index contributed by atoms with van der Waals surface area (Å²) in [6, 6.07) is 3.69. The van der Waals surface area contributed by atoms with Crippen LogP contribution in [0.25, 0.3) is 0 Å². The largest absolute Gasteiger partial charge is 0.465 e. The second-order valence-corrected chi connectivity index (χ2v) is 4.16. The number of hydrogen-bond donors (Lipinski definition) is 0. The van der Waals surface area contributed by atoms with Crippen molar-refractivity contribution in [1.29, 1.82) is 0 Å². The van der Waals surface area contributed by atoms with Gasteiger partial charge in [-0.05, 0) is 38.3 Å². The van der Waals surface area contributed by atoms with E-state index >= 15 is 0 Å². The highest BCUT2D eigenvalue weighted by Crippen LogP contribution is 2.11. The van der Waals surface area contributed by atoms with Gasteiger partial charge in [-0.15, -0.1) is 0 Å². The number of likely N-dealkylation sites (tertiary alicyclic amines) is 1. The Hall–Kier alpha value is -1.78. The Morgan fingerprint density at radius 1 is 1.44 bits per heavy atom. The van der Waals surface area contributed by atoms with Crippen molar-refractivity contribution in [2.45, 2.75) is 26.2 Å². The van der Waals surface area contributed by atoms with Gasteiger partial charge >= 0.3 is 5.91 Å². The molecule has 1 aliphatic heterocycles. The van der Waals surface area contributed by atoms with Crippen molar-refractivity contribution in [1.82, 2.24) is 4.90 Å². The van der Waals surface area contributed by atoms with Crippen molar-refractivity contribution in [3.05, 3.63) is 24.2 Å². The molecule has 0 aliphatic carbocycles. The first-order chi connectivity index (χ1) is 8.81. The van der Waals surface area contributed by atoms with Crippen LogP contribution in [0.15, 0.2) is 27.8 Å². The minimum atomic E-state index is -0.394. The Balaban J connectivity index is 2.10. The zero-order valence-corrected chi connectivity index (χ0v) is 10.6. The van der Waals surface area contributed by atoms with Crippen LogP contribution in [-0.2, 0) is 4.74 Å². The van der Waals surface area contributed by atoms with Gasteiger partial charge in [-0.2, -0.15) is 4.99 Å². The van der Waals surface area contributed by atoms with Gasteiger partial charge in [0.1, 0.15) is 0 Å². The molecule has 1 fully saturated rings. The van der Waals surface area contributed by atoms with Gasteiger partial charge in [0.25, 0.3) is 6.02 Å². The number of amides is 1. The third-order valence-corrected chi connectivity index (χ3v) is 2.83. The molecular weight excluding hydrogens is 232 g/mol. The Bertz CT molecular complexity index is 406. The fourth-order valence-electron chi connectivity index (χ4n) is 1.95. The normalized spacial score (nSPS) is 16.7. The fraction of sp³-hybridized carbons (Fsp3) is 0.538. The van der Waals surface area contributed by atoms with Crippen LogP contribution in [0.3, 0.4) is 0 Å². The lowest BCUT2D eigenvalue weighted by Crippen LogP contribution is -2.37. The average molecular weight is 250 g/mol. The number of carbonyl (C=O) groups excluding carboxylic acids is 1. The number of aliphatic imine (C=N–C) groups is 1. The van der Waals surface area contributed by atoms with E-state index in [0.29, 0.717) is 12.6 Å². The van der Waals surface area contributed by atoms with Crippen molar-refractivity contribution < 1.29 is 13.9 Å². The topological polar surface area (TPSA) is 55.0 Å². The van der Waals surface area contributed by atoms with Gasteiger partial charge in [-0.1, -0.05) is 0 Å². The third-order valence-electron chi connectivity index (χ3n) is 2.83. The van der Waals surface area contributed by atoms with E-state index < -0.39 is 5.91 Å². The molecule has 0 spiro atoms. The van der Waals surface area contributed by atoms with Gasteiger partial charge in [-0.25, -0.2) is 0 Å². The SMILES string of the molecule is CCOC(=NC(=O)c1ccco1)N1CCCCC1. The first-order valence-electron chi connectivity index (χ1n) is 6.35. The van der Waals surface area contributed by atoms with Crippen molar-refractivity contribution in [3.63, 3.8) is 0 Å². The number of hydrogen-bond acceptors (Lipinski definition) is 3. The predicted octanol–water partition coefficient (Wildman–Crippen LogP) is 2.30. The molecule has 1 saturated heterocycles.